The molecular weight excluding hydrogens is 220 g/mol. The van der Waals surface area contributed by atoms with E-state index in [1.807, 2.05) is 31.2 Å². The summed E-state index contributed by atoms with van der Waals surface area (Å²) < 4.78 is 5.36. The normalized spacial score (nSPS) is 9.76. The number of aliphatic hydroxyl groups excluding tert-OH is 1. The minimum atomic E-state index is -0.204. The number of nitrogens with one attached hydrogen (secondary N) is 2. The number of aliphatic hydroxyl groups is 1. The molecule has 0 spiro atoms. The van der Waals surface area contributed by atoms with E-state index in [9.17, 15) is 4.79 Å². The number of ether oxygens (including phenoxy) is 1. The summed E-state index contributed by atoms with van der Waals surface area (Å²) in [7, 11) is 0. The molecule has 2 amide bonds. The van der Waals surface area contributed by atoms with Crippen molar-refractivity contribution in [2.75, 3.05) is 19.8 Å². The predicted octanol–water partition coefficient (Wildman–Crippen LogP) is 0.877. The van der Waals surface area contributed by atoms with Crippen LogP contribution in [0, 0.1) is 0 Å². The molecule has 17 heavy (non-hydrogen) atoms. The van der Waals surface area contributed by atoms with Gasteiger partial charge in [-0.05, 0) is 13.0 Å². The summed E-state index contributed by atoms with van der Waals surface area (Å²) in [4.78, 5) is 11.2. The minimum Gasteiger partial charge on any atom is -0.491 e. The van der Waals surface area contributed by atoms with Crippen LogP contribution in [0.5, 0.6) is 5.75 Å². The molecule has 0 fully saturated rings. The largest absolute Gasteiger partial charge is 0.491 e. The lowest BCUT2D eigenvalue weighted by Gasteiger charge is -2.11. The highest BCUT2D eigenvalue weighted by molar-refractivity contribution is 5.73. The molecule has 0 saturated carbocycles. The first-order chi connectivity index (χ1) is 8.27. The smallest absolute Gasteiger partial charge is 0.315 e. The molecule has 94 valence electrons. The third-order valence-electron chi connectivity index (χ3n) is 2.10. The Morgan fingerprint density at radius 1 is 1.35 bits per heavy atom. The molecule has 0 atom stereocenters. The number of benzene rings is 1. The summed E-state index contributed by atoms with van der Waals surface area (Å²) in [6, 6.07) is 7.20. The van der Waals surface area contributed by atoms with Crippen LogP contribution in [-0.2, 0) is 6.54 Å². The van der Waals surface area contributed by atoms with Crippen LogP contribution in [0.1, 0.15) is 12.5 Å². The second-order valence-electron chi connectivity index (χ2n) is 3.39. The van der Waals surface area contributed by atoms with Gasteiger partial charge in [-0.1, -0.05) is 18.2 Å². The molecule has 5 nitrogen and oxygen atoms in total. The molecule has 1 rings (SSSR count). The van der Waals surface area contributed by atoms with E-state index in [1.165, 1.54) is 0 Å². The van der Waals surface area contributed by atoms with Gasteiger partial charge >= 0.3 is 6.03 Å². The van der Waals surface area contributed by atoms with Crippen molar-refractivity contribution in [3.05, 3.63) is 29.8 Å². The van der Waals surface area contributed by atoms with Crippen molar-refractivity contribution in [3.8, 4) is 5.75 Å². The average molecular weight is 238 g/mol. The Labute approximate surface area is 101 Å². The van der Waals surface area contributed by atoms with E-state index in [-0.39, 0.29) is 19.2 Å². The molecule has 0 heterocycles. The monoisotopic (exact) mass is 238 g/mol. The summed E-state index contributed by atoms with van der Waals surface area (Å²) >= 11 is 0. The van der Waals surface area contributed by atoms with Gasteiger partial charge in [0.15, 0.2) is 0 Å². The van der Waals surface area contributed by atoms with Gasteiger partial charge < -0.3 is 20.5 Å². The van der Waals surface area contributed by atoms with Gasteiger partial charge in [-0.2, -0.15) is 0 Å². The van der Waals surface area contributed by atoms with Crippen molar-refractivity contribution >= 4 is 6.03 Å². The predicted molar refractivity (Wildman–Crippen MR) is 64.9 cm³/mol. The zero-order chi connectivity index (χ0) is 12.5. The molecule has 0 radical (unpaired) electrons. The lowest BCUT2D eigenvalue weighted by molar-refractivity contribution is 0.200. The summed E-state index contributed by atoms with van der Waals surface area (Å²) in [5.74, 6) is 0.679. The summed E-state index contributed by atoms with van der Waals surface area (Å²) in [5, 5.41) is 14.1. The maximum absolute atomic E-state index is 11.2. The quantitative estimate of drug-likeness (QED) is 0.689. The second kappa shape index (κ2) is 7.51. The van der Waals surface area contributed by atoms with Crippen LogP contribution < -0.4 is 15.4 Å². The fourth-order valence-electron chi connectivity index (χ4n) is 1.34. The molecule has 1 aromatic rings. The van der Waals surface area contributed by atoms with Crippen molar-refractivity contribution in [3.63, 3.8) is 0 Å². The first-order valence-electron chi connectivity index (χ1n) is 5.61. The van der Waals surface area contributed by atoms with Gasteiger partial charge in [-0.25, -0.2) is 4.79 Å². The number of carbonyl (C=O) groups is 1. The number of rotatable bonds is 6. The molecule has 0 aliphatic rings. The standard InChI is InChI=1S/C12H18N2O3/c1-2-13-12(16)14-9-10-5-3-4-6-11(10)17-8-7-15/h3-6,15H,2,7-9H2,1H3,(H2,13,14,16). The molecule has 1 aromatic carbocycles. The van der Waals surface area contributed by atoms with Crippen LogP contribution >= 0.6 is 0 Å². The van der Waals surface area contributed by atoms with Crippen molar-refractivity contribution in [1.82, 2.24) is 10.6 Å². The lowest BCUT2D eigenvalue weighted by Crippen LogP contribution is -2.34. The summed E-state index contributed by atoms with van der Waals surface area (Å²) in [6.07, 6.45) is 0. The van der Waals surface area contributed by atoms with E-state index in [4.69, 9.17) is 9.84 Å². The van der Waals surface area contributed by atoms with Gasteiger partial charge in [0.05, 0.1) is 6.61 Å². The zero-order valence-corrected chi connectivity index (χ0v) is 9.90. The van der Waals surface area contributed by atoms with Crippen LogP contribution in [0.2, 0.25) is 0 Å². The van der Waals surface area contributed by atoms with Gasteiger partial charge in [-0.15, -0.1) is 0 Å². The molecular formula is C12H18N2O3. The molecule has 0 saturated heterocycles. The van der Waals surface area contributed by atoms with Crippen LogP contribution in [0.3, 0.4) is 0 Å². The van der Waals surface area contributed by atoms with E-state index >= 15 is 0 Å². The fourth-order valence-corrected chi connectivity index (χ4v) is 1.34. The number of para-hydroxylation sites is 1. The Kier molecular flexibility index (Phi) is 5.88. The third kappa shape index (κ3) is 4.74. The van der Waals surface area contributed by atoms with Crippen molar-refractivity contribution in [2.45, 2.75) is 13.5 Å². The van der Waals surface area contributed by atoms with Crippen LogP contribution in [0.15, 0.2) is 24.3 Å². The Morgan fingerprint density at radius 2 is 2.12 bits per heavy atom. The van der Waals surface area contributed by atoms with E-state index in [0.717, 1.165) is 5.56 Å². The van der Waals surface area contributed by atoms with Crippen LogP contribution in [-0.4, -0.2) is 30.9 Å². The maximum Gasteiger partial charge on any atom is 0.315 e. The first-order valence-corrected chi connectivity index (χ1v) is 5.61. The molecule has 0 aromatic heterocycles. The van der Waals surface area contributed by atoms with Crippen molar-refractivity contribution in [1.29, 1.82) is 0 Å². The number of carbonyl (C=O) groups excluding carboxylic acids is 1. The molecule has 0 bridgehead atoms. The highest BCUT2D eigenvalue weighted by atomic mass is 16.5. The number of hydrogen-bond acceptors (Lipinski definition) is 3. The molecule has 0 aliphatic carbocycles. The van der Waals surface area contributed by atoms with Gasteiger partial charge in [-0.3, -0.25) is 0 Å². The Morgan fingerprint density at radius 3 is 2.82 bits per heavy atom. The zero-order valence-electron chi connectivity index (χ0n) is 9.90. The fraction of sp³-hybridized carbons (Fsp3) is 0.417. The topological polar surface area (TPSA) is 70.6 Å². The summed E-state index contributed by atoms with van der Waals surface area (Å²) in [5.41, 5.74) is 0.882. The number of hydrogen-bond donors (Lipinski definition) is 3. The average Bonchev–Trinajstić information content (AvgIpc) is 2.35. The second-order valence-corrected chi connectivity index (χ2v) is 3.39. The van der Waals surface area contributed by atoms with E-state index in [2.05, 4.69) is 10.6 Å². The molecule has 0 unspecified atom stereocenters. The first kappa shape index (κ1) is 13.3. The number of urea groups is 1. The maximum atomic E-state index is 11.2. The van der Waals surface area contributed by atoms with Crippen LogP contribution in [0.4, 0.5) is 4.79 Å². The minimum absolute atomic E-state index is 0.0297. The summed E-state index contributed by atoms with van der Waals surface area (Å²) in [6.45, 7) is 3.07. The lowest BCUT2D eigenvalue weighted by atomic mass is 10.2. The van der Waals surface area contributed by atoms with E-state index in [1.54, 1.807) is 0 Å². The van der Waals surface area contributed by atoms with Gasteiger partial charge in [0.2, 0.25) is 0 Å². The molecule has 5 heteroatoms. The Balaban J connectivity index is 2.54. The van der Waals surface area contributed by atoms with Gasteiger partial charge in [0.1, 0.15) is 12.4 Å². The number of amides is 2. The molecule has 3 N–H and O–H groups in total. The Hall–Kier alpha value is -1.75. The Bertz CT molecular complexity index is 355. The highest BCUT2D eigenvalue weighted by Gasteiger charge is 2.04. The van der Waals surface area contributed by atoms with Gasteiger partial charge in [0, 0.05) is 18.7 Å². The van der Waals surface area contributed by atoms with E-state index < -0.39 is 0 Å². The van der Waals surface area contributed by atoms with Crippen LogP contribution in [0.25, 0.3) is 0 Å². The third-order valence-corrected chi connectivity index (χ3v) is 2.10. The van der Waals surface area contributed by atoms with Gasteiger partial charge in [0.25, 0.3) is 0 Å². The van der Waals surface area contributed by atoms with E-state index in [0.29, 0.717) is 18.8 Å². The highest BCUT2D eigenvalue weighted by Crippen LogP contribution is 2.17. The molecule has 0 aliphatic heterocycles. The van der Waals surface area contributed by atoms with Crippen molar-refractivity contribution in [2.24, 2.45) is 0 Å². The van der Waals surface area contributed by atoms with Crippen molar-refractivity contribution < 1.29 is 14.6 Å². The SMILES string of the molecule is CCNC(=O)NCc1ccccc1OCCO.